The second-order valence-corrected chi connectivity index (χ2v) is 8.98. The van der Waals surface area contributed by atoms with E-state index in [1.807, 2.05) is 0 Å². The van der Waals surface area contributed by atoms with Crippen molar-refractivity contribution in [2.75, 3.05) is 36.3 Å². The van der Waals surface area contributed by atoms with Crippen LogP contribution < -0.4 is 10.0 Å². The molecule has 6 nitrogen and oxygen atoms in total. The van der Waals surface area contributed by atoms with Gasteiger partial charge in [-0.25, -0.2) is 8.78 Å². The molecule has 2 aromatic carbocycles. The maximum atomic E-state index is 14.4. The van der Waals surface area contributed by atoms with Gasteiger partial charge in [-0.15, -0.1) is 0 Å². The number of nitrogens with zero attached hydrogens (tertiary/aromatic N) is 1. The molecule has 3 rings (SSSR count). The number of halogens is 4. The van der Waals surface area contributed by atoms with E-state index in [9.17, 15) is 17.2 Å². The minimum Gasteiger partial charge on any atom is -0.379 e. The molecule has 0 unspecified atom stereocenters. The molecule has 2 aromatic rings. The molecule has 11 heteroatoms. The number of hydrogen-bond donors (Lipinski definition) is 2. The van der Waals surface area contributed by atoms with Crippen molar-refractivity contribution < 1.29 is 21.9 Å². The van der Waals surface area contributed by atoms with Crippen LogP contribution in [0, 0.1) is 15.2 Å². The number of rotatable bonds is 5. The van der Waals surface area contributed by atoms with E-state index in [1.165, 1.54) is 4.31 Å². The summed E-state index contributed by atoms with van der Waals surface area (Å²) in [5.41, 5.74) is -0.168. The Bertz CT molecular complexity index is 956. The highest BCUT2D eigenvalue weighted by molar-refractivity contribution is 14.1. The van der Waals surface area contributed by atoms with Crippen LogP contribution in [0.5, 0.6) is 0 Å². The van der Waals surface area contributed by atoms with E-state index in [0.717, 1.165) is 15.7 Å². The maximum absolute atomic E-state index is 14.4. The summed E-state index contributed by atoms with van der Waals surface area (Å²) in [5.74, 6) is -2.33. The molecular weight excluding hydrogens is 515 g/mol. The molecule has 1 heterocycles. The van der Waals surface area contributed by atoms with Gasteiger partial charge in [0.05, 0.1) is 29.6 Å². The SMILES string of the molecule is O=S(=O)(Nc1ccc(F)c(F)c1Nc1ccc(I)cc1Cl)N1CCOCC1. The summed E-state index contributed by atoms with van der Waals surface area (Å²) in [5, 5.41) is 2.97. The topological polar surface area (TPSA) is 70.7 Å². The van der Waals surface area contributed by atoms with Gasteiger partial charge in [0, 0.05) is 16.7 Å². The average molecular weight is 530 g/mol. The number of anilines is 3. The third kappa shape index (κ3) is 4.80. The van der Waals surface area contributed by atoms with Crippen molar-refractivity contribution in [1.82, 2.24) is 4.31 Å². The van der Waals surface area contributed by atoms with Gasteiger partial charge >= 0.3 is 10.2 Å². The number of ether oxygens (including phenoxy) is 1. The van der Waals surface area contributed by atoms with Crippen LogP contribution in [-0.2, 0) is 14.9 Å². The van der Waals surface area contributed by atoms with Gasteiger partial charge in [-0.3, -0.25) is 4.72 Å². The van der Waals surface area contributed by atoms with Crippen molar-refractivity contribution in [1.29, 1.82) is 0 Å². The molecule has 0 aromatic heterocycles. The zero-order chi connectivity index (χ0) is 19.6. The first-order valence-electron chi connectivity index (χ1n) is 7.83. The van der Waals surface area contributed by atoms with Crippen molar-refractivity contribution in [3.8, 4) is 0 Å². The molecule has 1 saturated heterocycles. The largest absolute Gasteiger partial charge is 0.379 e. The van der Waals surface area contributed by atoms with Crippen molar-refractivity contribution in [3.63, 3.8) is 0 Å². The first kappa shape index (κ1) is 20.5. The van der Waals surface area contributed by atoms with Gasteiger partial charge in [0.25, 0.3) is 0 Å². The summed E-state index contributed by atoms with van der Waals surface area (Å²) in [6.45, 7) is 0.875. The number of benzene rings is 2. The standard InChI is InChI=1S/C16H15ClF2IN3O3S/c17-11-9-10(20)1-3-13(11)21-16-14(4-2-12(18)15(16)19)22-27(24,25)23-5-7-26-8-6-23/h1-4,9,21-22H,5-8H2. The van der Waals surface area contributed by atoms with Crippen molar-refractivity contribution >= 4 is 61.5 Å². The molecule has 0 atom stereocenters. The van der Waals surface area contributed by atoms with Crippen LogP contribution >= 0.6 is 34.2 Å². The fraction of sp³-hybridized carbons (Fsp3) is 0.250. The van der Waals surface area contributed by atoms with E-state index in [0.29, 0.717) is 5.69 Å². The Hall–Kier alpha value is -1.21. The fourth-order valence-electron chi connectivity index (χ4n) is 2.47. The molecule has 146 valence electrons. The van der Waals surface area contributed by atoms with Crippen LogP contribution in [-0.4, -0.2) is 39.0 Å². The van der Waals surface area contributed by atoms with E-state index in [1.54, 1.807) is 18.2 Å². The Balaban J connectivity index is 1.95. The fourth-order valence-corrected chi connectivity index (χ4v) is 4.58. The zero-order valence-corrected chi connectivity index (χ0v) is 17.5. The van der Waals surface area contributed by atoms with Crippen LogP contribution in [0.1, 0.15) is 0 Å². The van der Waals surface area contributed by atoms with Crippen molar-refractivity contribution in [2.45, 2.75) is 0 Å². The van der Waals surface area contributed by atoms with Crippen LogP contribution in [0.2, 0.25) is 5.02 Å². The van der Waals surface area contributed by atoms with Gasteiger partial charge in [-0.1, -0.05) is 11.6 Å². The molecule has 0 amide bonds. The van der Waals surface area contributed by atoms with Gasteiger partial charge in [0.1, 0.15) is 5.69 Å². The Morgan fingerprint density at radius 2 is 1.78 bits per heavy atom. The van der Waals surface area contributed by atoms with Crippen LogP contribution in [0.25, 0.3) is 0 Å². The van der Waals surface area contributed by atoms with Gasteiger partial charge < -0.3 is 10.1 Å². The lowest BCUT2D eigenvalue weighted by Gasteiger charge is -2.27. The predicted octanol–water partition coefficient (Wildman–Crippen LogP) is 3.96. The summed E-state index contributed by atoms with van der Waals surface area (Å²) >= 11 is 8.20. The monoisotopic (exact) mass is 529 g/mol. The molecule has 2 N–H and O–H groups in total. The van der Waals surface area contributed by atoms with Crippen LogP contribution in [0.3, 0.4) is 0 Å². The first-order chi connectivity index (χ1) is 12.8. The zero-order valence-electron chi connectivity index (χ0n) is 13.8. The minimum absolute atomic E-state index is 0.130. The van der Waals surface area contributed by atoms with Gasteiger partial charge in [0.15, 0.2) is 11.6 Å². The molecule has 1 fully saturated rings. The van der Waals surface area contributed by atoms with E-state index in [-0.39, 0.29) is 42.7 Å². The van der Waals surface area contributed by atoms with E-state index >= 15 is 0 Å². The lowest BCUT2D eigenvalue weighted by Crippen LogP contribution is -2.43. The summed E-state index contributed by atoms with van der Waals surface area (Å²) in [4.78, 5) is 0. The molecule has 1 aliphatic heterocycles. The summed E-state index contributed by atoms with van der Waals surface area (Å²) in [6, 6.07) is 6.96. The Labute approximate surface area is 174 Å². The van der Waals surface area contributed by atoms with Crippen molar-refractivity contribution in [3.05, 3.63) is 50.6 Å². The average Bonchev–Trinajstić information content (AvgIpc) is 2.63. The smallest absolute Gasteiger partial charge is 0.301 e. The molecule has 0 saturated carbocycles. The van der Waals surface area contributed by atoms with E-state index in [2.05, 4.69) is 32.6 Å². The first-order valence-corrected chi connectivity index (χ1v) is 10.7. The summed E-state index contributed by atoms with van der Waals surface area (Å²) in [6.07, 6.45) is 0. The second-order valence-electron chi connectivity index (χ2n) is 5.65. The molecule has 1 aliphatic rings. The third-order valence-corrected chi connectivity index (χ3v) is 6.34. The van der Waals surface area contributed by atoms with Crippen LogP contribution in [0.15, 0.2) is 30.3 Å². The highest BCUT2D eigenvalue weighted by atomic mass is 127. The third-order valence-electron chi connectivity index (χ3n) is 3.83. The Kier molecular flexibility index (Phi) is 6.41. The molecule has 0 spiro atoms. The predicted molar refractivity (Wildman–Crippen MR) is 109 cm³/mol. The number of hydrogen-bond acceptors (Lipinski definition) is 4. The highest BCUT2D eigenvalue weighted by Gasteiger charge is 2.26. The highest BCUT2D eigenvalue weighted by Crippen LogP contribution is 2.34. The normalized spacial score (nSPS) is 15.6. The second kappa shape index (κ2) is 8.43. The summed E-state index contributed by atoms with van der Waals surface area (Å²) < 4.78 is 62.8. The van der Waals surface area contributed by atoms with Gasteiger partial charge in [-0.2, -0.15) is 12.7 Å². The Morgan fingerprint density at radius 3 is 2.44 bits per heavy atom. The number of nitrogens with one attached hydrogen (secondary N) is 2. The lowest BCUT2D eigenvalue weighted by atomic mass is 10.2. The minimum atomic E-state index is -3.96. The van der Waals surface area contributed by atoms with Gasteiger partial charge in [-0.05, 0) is 52.9 Å². The van der Waals surface area contributed by atoms with E-state index < -0.39 is 21.8 Å². The molecule has 0 bridgehead atoms. The van der Waals surface area contributed by atoms with E-state index in [4.69, 9.17) is 16.3 Å². The maximum Gasteiger partial charge on any atom is 0.301 e. The molecule has 0 aliphatic carbocycles. The number of morpholine rings is 1. The Morgan fingerprint density at radius 1 is 1.11 bits per heavy atom. The van der Waals surface area contributed by atoms with Gasteiger partial charge in [0.2, 0.25) is 0 Å². The molecular formula is C16H15ClF2IN3O3S. The lowest BCUT2D eigenvalue weighted by molar-refractivity contribution is 0.0733. The van der Waals surface area contributed by atoms with Crippen molar-refractivity contribution in [2.24, 2.45) is 0 Å². The summed E-state index contributed by atoms with van der Waals surface area (Å²) in [7, 11) is -3.96. The van der Waals surface area contributed by atoms with Crippen LogP contribution in [0.4, 0.5) is 25.8 Å². The molecule has 0 radical (unpaired) electrons. The quantitative estimate of drug-likeness (QED) is 0.576. The molecule has 27 heavy (non-hydrogen) atoms.